The maximum absolute atomic E-state index is 14.8. The molecule has 3 aromatic rings. The van der Waals surface area contributed by atoms with E-state index < -0.39 is 41.2 Å². The highest BCUT2D eigenvalue weighted by atomic mass is 19.1. The van der Waals surface area contributed by atoms with Gasteiger partial charge in [-0.1, -0.05) is 6.07 Å². The van der Waals surface area contributed by atoms with Gasteiger partial charge >= 0.3 is 0 Å². The maximum atomic E-state index is 14.8. The number of nitrogens with zero attached hydrogens (tertiary/aromatic N) is 2. The Balaban J connectivity index is 2.29. The fourth-order valence-electron chi connectivity index (χ4n) is 2.95. The van der Waals surface area contributed by atoms with Gasteiger partial charge in [-0.05, 0) is 30.7 Å². The van der Waals surface area contributed by atoms with Crippen LogP contribution in [0.15, 0.2) is 40.1 Å². The molecule has 3 N–H and O–H groups in total. The van der Waals surface area contributed by atoms with E-state index in [0.29, 0.717) is 5.56 Å². The molecule has 3 rings (SSSR count). The van der Waals surface area contributed by atoms with Crippen molar-refractivity contribution in [3.63, 3.8) is 0 Å². The zero-order valence-electron chi connectivity index (χ0n) is 15.2. The zero-order valence-corrected chi connectivity index (χ0v) is 15.2. The molecule has 28 heavy (non-hydrogen) atoms. The van der Waals surface area contributed by atoms with Crippen LogP contribution in [-0.4, -0.2) is 32.1 Å². The second-order valence-electron chi connectivity index (χ2n) is 6.53. The van der Waals surface area contributed by atoms with Gasteiger partial charge in [-0.15, -0.1) is 0 Å². The lowest BCUT2D eigenvalue weighted by atomic mass is 10.1. The quantitative estimate of drug-likeness (QED) is 0.611. The van der Waals surface area contributed by atoms with Crippen molar-refractivity contribution in [2.75, 3.05) is 11.9 Å². The summed E-state index contributed by atoms with van der Waals surface area (Å²) >= 11 is 0. The number of pyridine rings is 2. The number of halogens is 2. The monoisotopic (exact) mass is 391 g/mol. The van der Waals surface area contributed by atoms with Crippen LogP contribution in [0.25, 0.3) is 10.9 Å². The Kier molecular flexibility index (Phi) is 5.30. The molecule has 1 aromatic carbocycles. The van der Waals surface area contributed by atoms with E-state index in [9.17, 15) is 23.5 Å². The molecule has 0 aliphatic carbocycles. The fraction of sp³-hybridized carbons (Fsp3) is 0.263. The number of aryl methyl sites for hydroxylation is 2. The van der Waals surface area contributed by atoms with Crippen LogP contribution in [0.2, 0.25) is 0 Å². The smallest absolute Gasteiger partial charge is 0.289 e. The van der Waals surface area contributed by atoms with Crippen LogP contribution in [0.3, 0.4) is 0 Å². The third-order valence-corrected chi connectivity index (χ3v) is 4.47. The average molecular weight is 391 g/mol. The standard InChI is InChI=1S/C19H19F2N3O4/c1-10-3-4-13(12(20)7-10)22-17-15-14(23(2)19(28)16(17)21)5-6-24(18(15)27)8-11(26)9-25/h3-7,11,22,25-26H,8-9H2,1-2H3/t11-/m0/s1. The minimum Gasteiger partial charge on any atom is -0.394 e. The molecule has 0 radical (unpaired) electrons. The van der Waals surface area contributed by atoms with Crippen molar-refractivity contribution in [1.82, 2.24) is 9.13 Å². The third-order valence-electron chi connectivity index (χ3n) is 4.47. The Morgan fingerprint density at radius 1 is 1.18 bits per heavy atom. The highest BCUT2D eigenvalue weighted by Gasteiger charge is 2.20. The molecule has 9 heteroatoms. The summed E-state index contributed by atoms with van der Waals surface area (Å²) in [6.07, 6.45) is 0.135. The zero-order chi connectivity index (χ0) is 20.6. The molecule has 1 atom stereocenters. The van der Waals surface area contributed by atoms with Crippen molar-refractivity contribution in [3.05, 3.63) is 68.4 Å². The first-order valence-corrected chi connectivity index (χ1v) is 8.48. The van der Waals surface area contributed by atoms with E-state index in [1.54, 1.807) is 13.0 Å². The molecule has 0 bridgehead atoms. The highest BCUT2D eigenvalue weighted by molar-refractivity contribution is 5.92. The van der Waals surface area contributed by atoms with Gasteiger partial charge in [0.05, 0.1) is 41.5 Å². The molecule has 7 nitrogen and oxygen atoms in total. The van der Waals surface area contributed by atoms with E-state index >= 15 is 0 Å². The molecule has 2 aromatic heterocycles. The van der Waals surface area contributed by atoms with Crippen molar-refractivity contribution in [2.45, 2.75) is 19.6 Å². The predicted octanol–water partition coefficient (Wildman–Crippen LogP) is 1.38. The van der Waals surface area contributed by atoms with E-state index in [0.717, 1.165) is 9.13 Å². The number of aromatic nitrogens is 2. The van der Waals surface area contributed by atoms with E-state index in [-0.39, 0.29) is 23.1 Å². The number of hydrogen-bond donors (Lipinski definition) is 3. The molecule has 0 saturated carbocycles. The first kappa shape index (κ1) is 19.7. The molecule has 2 heterocycles. The fourth-order valence-corrected chi connectivity index (χ4v) is 2.95. The lowest BCUT2D eigenvalue weighted by Gasteiger charge is -2.16. The van der Waals surface area contributed by atoms with Crippen molar-refractivity contribution in [3.8, 4) is 0 Å². The topological polar surface area (TPSA) is 96.5 Å². The van der Waals surface area contributed by atoms with E-state index in [4.69, 9.17) is 5.11 Å². The average Bonchev–Trinajstić information content (AvgIpc) is 2.66. The van der Waals surface area contributed by atoms with Crippen LogP contribution in [0.1, 0.15) is 5.56 Å². The van der Waals surface area contributed by atoms with Crippen molar-refractivity contribution >= 4 is 22.3 Å². The normalized spacial score (nSPS) is 12.4. The number of hydrogen-bond acceptors (Lipinski definition) is 5. The predicted molar refractivity (Wildman–Crippen MR) is 101 cm³/mol. The number of aliphatic hydroxyl groups excluding tert-OH is 2. The molecule has 0 aliphatic heterocycles. The Hall–Kier alpha value is -3.04. The molecule has 0 aliphatic rings. The summed E-state index contributed by atoms with van der Waals surface area (Å²) in [5.74, 6) is -1.90. The second-order valence-corrected chi connectivity index (χ2v) is 6.53. The minimum absolute atomic E-state index is 0.0933. The lowest BCUT2D eigenvalue weighted by Crippen LogP contribution is -2.31. The summed E-state index contributed by atoms with van der Waals surface area (Å²) in [6, 6.07) is 5.63. The summed E-state index contributed by atoms with van der Waals surface area (Å²) < 4.78 is 31.1. The molecular weight excluding hydrogens is 372 g/mol. The maximum Gasteiger partial charge on any atom is 0.289 e. The van der Waals surface area contributed by atoms with Gasteiger partial charge in [0.15, 0.2) is 0 Å². The number of nitrogens with one attached hydrogen (secondary N) is 1. The Morgan fingerprint density at radius 3 is 2.54 bits per heavy atom. The summed E-state index contributed by atoms with van der Waals surface area (Å²) in [6.45, 7) is 0.895. The van der Waals surface area contributed by atoms with Crippen molar-refractivity contribution in [1.29, 1.82) is 0 Å². The van der Waals surface area contributed by atoms with Crippen LogP contribution in [0.4, 0.5) is 20.2 Å². The van der Waals surface area contributed by atoms with Gasteiger partial charge in [0, 0.05) is 13.2 Å². The molecular formula is C19H19F2N3O4. The van der Waals surface area contributed by atoms with E-state index in [1.165, 1.54) is 31.4 Å². The van der Waals surface area contributed by atoms with Crippen LogP contribution in [0.5, 0.6) is 0 Å². The molecule has 0 saturated heterocycles. The number of aliphatic hydroxyl groups is 2. The number of benzene rings is 1. The Labute approximate surface area is 158 Å². The Bertz CT molecular complexity index is 1170. The van der Waals surface area contributed by atoms with Crippen molar-refractivity contribution < 1.29 is 19.0 Å². The molecule has 0 spiro atoms. The third kappa shape index (κ3) is 3.41. The second kappa shape index (κ2) is 7.53. The lowest BCUT2D eigenvalue weighted by molar-refractivity contribution is 0.0805. The largest absolute Gasteiger partial charge is 0.394 e. The summed E-state index contributed by atoms with van der Waals surface area (Å²) in [7, 11) is 1.32. The van der Waals surface area contributed by atoms with Gasteiger partial charge in [-0.25, -0.2) is 4.39 Å². The van der Waals surface area contributed by atoms with Gasteiger partial charge in [0.2, 0.25) is 5.82 Å². The number of fused-ring (bicyclic) bond motifs is 1. The molecule has 0 fully saturated rings. The Morgan fingerprint density at radius 2 is 1.89 bits per heavy atom. The first-order chi connectivity index (χ1) is 13.2. The number of anilines is 2. The van der Waals surface area contributed by atoms with Gasteiger partial charge in [0.25, 0.3) is 11.1 Å². The van der Waals surface area contributed by atoms with E-state index in [1.807, 2.05) is 0 Å². The summed E-state index contributed by atoms with van der Waals surface area (Å²) in [5, 5.41) is 21.0. The van der Waals surface area contributed by atoms with Crippen LogP contribution < -0.4 is 16.4 Å². The SMILES string of the molecule is Cc1ccc(Nc2c(F)c(=O)n(C)c3ccn(C[C@H](O)CO)c(=O)c23)c(F)c1. The van der Waals surface area contributed by atoms with E-state index in [2.05, 4.69) is 5.32 Å². The summed E-state index contributed by atoms with van der Waals surface area (Å²) in [4.78, 5) is 25.1. The van der Waals surface area contributed by atoms with Gasteiger partial charge in [0.1, 0.15) is 5.82 Å². The van der Waals surface area contributed by atoms with Gasteiger partial charge in [-0.2, -0.15) is 4.39 Å². The van der Waals surface area contributed by atoms with Crippen molar-refractivity contribution in [2.24, 2.45) is 7.05 Å². The summed E-state index contributed by atoms with van der Waals surface area (Å²) in [5.41, 5.74) is -1.42. The van der Waals surface area contributed by atoms with Crippen LogP contribution >= 0.6 is 0 Å². The van der Waals surface area contributed by atoms with Gasteiger partial charge in [-0.3, -0.25) is 9.59 Å². The highest BCUT2D eigenvalue weighted by Crippen LogP contribution is 2.27. The van der Waals surface area contributed by atoms with Crippen LogP contribution in [-0.2, 0) is 13.6 Å². The van der Waals surface area contributed by atoms with Gasteiger partial charge < -0.3 is 24.7 Å². The minimum atomic E-state index is -1.23. The molecule has 0 unspecified atom stereocenters. The molecule has 0 amide bonds. The number of rotatable bonds is 5. The molecule has 148 valence electrons. The van der Waals surface area contributed by atoms with Crippen LogP contribution in [0, 0.1) is 18.6 Å². The first-order valence-electron chi connectivity index (χ1n) is 8.48.